The third-order valence-electron chi connectivity index (χ3n) is 5.71. The van der Waals surface area contributed by atoms with Gasteiger partial charge in [0, 0.05) is 5.02 Å². The van der Waals surface area contributed by atoms with Crippen LogP contribution < -0.4 is 0 Å². The number of aliphatic hydroxyl groups excluding tert-OH is 1. The van der Waals surface area contributed by atoms with Crippen molar-refractivity contribution in [2.45, 2.75) is 51.9 Å². The van der Waals surface area contributed by atoms with Crippen LogP contribution >= 0.6 is 11.6 Å². The molecule has 0 spiro atoms. The van der Waals surface area contributed by atoms with E-state index < -0.39 is 8.07 Å². The largest absolute Gasteiger partial charge is 0.393 e. The van der Waals surface area contributed by atoms with E-state index in [1.54, 1.807) is 5.20 Å². The SMILES string of the molecule is C=C1C(c2ccc(Cl)cc2)=C([Si](C)(C)C)C[C@@]2(C)C[C@@H](O)C[C@H]12. The van der Waals surface area contributed by atoms with Gasteiger partial charge in [-0.2, -0.15) is 0 Å². The molecule has 0 bridgehead atoms. The van der Waals surface area contributed by atoms with Crippen LogP contribution in [0, 0.1) is 11.3 Å². The maximum atomic E-state index is 10.3. The summed E-state index contributed by atoms with van der Waals surface area (Å²) in [5.74, 6) is 0.392. The predicted octanol–water partition coefficient (Wildman–Crippen LogP) is 5.71. The molecule has 2 aliphatic rings. The van der Waals surface area contributed by atoms with Gasteiger partial charge in [0.2, 0.25) is 0 Å². The Hall–Kier alpha value is -0.833. The normalized spacial score (nSPS) is 31.5. The smallest absolute Gasteiger partial charge is 0.0732 e. The fourth-order valence-corrected chi connectivity index (χ4v) is 6.67. The lowest BCUT2D eigenvalue weighted by Crippen LogP contribution is -2.37. The zero-order valence-electron chi connectivity index (χ0n) is 14.6. The first-order chi connectivity index (χ1) is 10.6. The number of rotatable bonds is 2. The van der Waals surface area contributed by atoms with Gasteiger partial charge in [0.05, 0.1) is 14.2 Å². The molecule has 1 aromatic rings. The lowest BCUT2D eigenvalue weighted by Gasteiger charge is -2.44. The molecule has 1 aromatic carbocycles. The summed E-state index contributed by atoms with van der Waals surface area (Å²) in [7, 11) is -1.48. The van der Waals surface area contributed by atoms with Gasteiger partial charge in [-0.25, -0.2) is 0 Å². The number of aliphatic hydroxyl groups is 1. The Labute approximate surface area is 146 Å². The highest BCUT2D eigenvalue weighted by molar-refractivity contribution is 6.84. The van der Waals surface area contributed by atoms with Crippen molar-refractivity contribution >= 4 is 25.2 Å². The van der Waals surface area contributed by atoms with Gasteiger partial charge in [0.25, 0.3) is 0 Å². The molecule has 1 saturated carbocycles. The van der Waals surface area contributed by atoms with Gasteiger partial charge >= 0.3 is 0 Å². The first kappa shape index (κ1) is 17.0. The molecule has 0 aromatic heterocycles. The molecule has 0 aliphatic heterocycles. The summed E-state index contributed by atoms with van der Waals surface area (Å²) in [4.78, 5) is 0. The third kappa shape index (κ3) is 2.97. The minimum absolute atomic E-state index is 0.169. The van der Waals surface area contributed by atoms with Gasteiger partial charge in [-0.1, -0.05) is 62.1 Å². The quantitative estimate of drug-likeness (QED) is 0.680. The van der Waals surface area contributed by atoms with E-state index in [4.69, 9.17) is 11.6 Å². The summed E-state index contributed by atoms with van der Waals surface area (Å²) in [6.45, 7) is 14.1. The molecule has 3 atom stereocenters. The molecule has 2 aliphatic carbocycles. The second-order valence-electron chi connectivity index (χ2n) is 8.61. The van der Waals surface area contributed by atoms with Crippen molar-refractivity contribution in [3.05, 3.63) is 52.2 Å². The molecule has 0 saturated heterocycles. The molecule has 0 unspecified atom stereocenters. The monoisotopic (exact) mass is 346 g/mol. The maximum absolute atomic E-state index is 10.3. The molecule has 1 nitrogen and oxygen atoms in total. The van der Waals surface area contributed by atoms with Crippen molar-refractivity contribution in [1.82, 2.24) is 0 Å². The number of benzene rings is 1. The number of fused-ring (bicyclic) bond motifs is 1. The first-order valence-electron chi connectivity index (χ1n) is 8.48. The van der Waals surface area contributed by atoms with E-state index >= 15 is 0 Å². The molecule has 3 rings (SSSR count). The zero-order chi connectivity index (χ0) is 17.0. The summed E-state index contributed by atoms with van der Waals surface area (Å²) < 4.78 is 0. The van der Waals surface area contributed by atoms with Crippen LogP contribution in [0.25, 0.3) is 5.57 Å². The second kappa shape index (κ2) is 5.61. The Bertz CT molecular complexity index is 668. The zero-order valence-corrected chi connectivity index (χ0v) is 16.4. The summed E-state index contributed by atoms with van der Waals surface area (Å²) in [6.07, 6.45) is 2.67. The first-order valence-corrected chi connectivity index (χ1v) is 12.4. The Morgan fingerprint density at radius 2 is 1.83 bits per heavy atom. The van der Waals surface area contributed by atoms with Crippen LogP contribution in [0.5, 0.6) is 0 Å². The van der Waals surface area contributed by atoms with E-state index in [2.05, 4.69) is 45.3 Å². The van der Waals surface area contributed by atoms with Crippen LogP contribution in [0.3, 0.4) is 0 Å². The van der Waals surface area contributed by atoms with Gasteiger partial charge in [0.15, 0.2) is 0 Å². The summed E-state index contributed by atoms with van der Waals surface area (Å²) >= 11 is 6.08. The highest BCUT2D eigenvalue weighted by atomic mass is 35.5. The number of halogens is 1. The van der Waals surface area contributed by atoms with E-state index in [1.807, 2.05) is 12.1 Å². The molecule has 124 valence electrons. The van der Waals surface area contributed by atoms with Crippen molar-refractivity contribution < 1.29 is 5.11 Å². The second-order valence-corrected chi connectivity index (χ2v) is 14.2. The Kier molecular flexibility index (Phi) is 4.15. The van der Waals surface area contributed by atoms with Crippen molar-refractivity contribution in [3.63, 3.8) is 0 Å². The number of allylic oxidation sites excluding steroid dienone is 3. The number of hydrogen-bond acceptors (Lipinski definition) is 1. The van der Waals surface area contributed by atoms with E-state index in [0.717, 1.165) is 24.3 Å². The molecule has 0 heterocycles. The molecule has 0 radical (unpaired) electrons. The van der Waals surface area contributed by atoms with Gasteiger partial charge in [0.1, 0.15) is 0 Å². The molecular weight excluding hydrogens is 320 g/mol. The molecule has 23 heavy (non-hydrogen) atoms. The van der Waals surface area contributed by atoms with Crippen molar-refractivity contribution in [2.24, 2.45) is 11.3 Å². The van der Waals surface area contributed by atoms with Crippen LogP contribution in [0.4, 0.5) is 0 Å². The predicted molar refractivity (Wildman–Crippen MR) is 102 cm³/mol. The van der Waals surface area contributed by atoms with E-state index in [-0.39, 0.29) is 11.5 Å². The van der Waals surface area contributed by atoms with Gasteiger partial charge in [-0.05, 0) is 59.4 Å². The summed E-state index contributed by atoms with van der Waals surface area (Å²) in [5.41, 5.74) is 4.00. The van der Waals surface area contributed by atoms with Crippen LogP contribution in [0.1, 0.15) is 31.7 Å². The van der Waals surface area contributed by atoms with E-state index in [0.29, 0.717) is 5.92 Å². The van der Waals surface area contributed by atoms with Crippen LogP contribution in [-0.4, -0.2) is 19.3 Å². The highest BCUT2D eigenvalue weighted by Crippen LogP contribution is 2.58. The fraction of sp³-hybridized carbons (Fsp3) is 0.500. The lowest BCUT2D eigenvalue weighted by molar-refractivity contribution is 0.163. The van der Waals surface area contributed by atoms with E-state index in [9.17, 15) is 5.11 Å². The van der Waals surface area contributed by atoms with Crippen molar-refractivity contribution in [3.8, 4) is 0 Å². The third-order valence-corrected chi connectivity index (χ3v) is 8.20. The number of hydrogen-bond donors (Lipinski definition) is 1. The van der Waals surface area contributed by atoms with Crippen molar-refractivity contribution in [2.75, 3.05) is 0 Å². The lowest BCUT2D eigenvalue weighted by atomic mass is 9.67. The van der Waals surface area contributed by atoms with Gasteiger partial charge < -0.3 is 5.11 Å². The summed E-state index contributed by atoms with van der Waals surface area (Å²) in [5, 5.41) is 12.6. The van der Waals surface area contributed by atoms with Gasteiger partial charge in [-0.3, -0.25) is 0 Å². The Morgan fingerprint density at radius 1 is 1.22 bits per heavy atom. The van der Waals surface area contributed by atoms with Crippen molar-refractivity contribution in [1.29, 1.82) is 0 Å². The minimum Gasteiger partial charge on any atom is -0.393 e. The van der Waals surface area contributed by atoms with Crippen LogP contribution in [0.2, 0.25) is 24.7 Å². The van der Waals surface area contributed by atoms with Crippen LogP contribution in [0.15, 0.2) is 41.6 Å². The fourth-order valence-electron chi connectivity index (χ4n) is 4.56. The molecule has 1 fully saturated rings. The molecular formula is C20H27ClOSi. The topological polar surface area (TPSA) is 20.2 Å². The Morgan fingerprint density at radius 3 is 2.39 bits per heavy atom. The maximum Gasteiger partial charge on any atom is 0.0732 e. The average Bonchev–Trinajstić information content (AvgIpc) is 2.74. The molecule has 3 heteroatoms. The van der Waals surface area contributed by atoms with E-state index in [1.165, 1.54) is 16.7 Å². The standard InChI is InChI=1S/C20H27ClOSi/c1-13-17-10-16(22)11-20(17,2)12-18(23(3,4)5)19(13)14-6-8-15(21)9-7-14/h6-9,16-17,22H,1,10-12H2,2-5H3/t16-,17+,20+/m0/s1. The molecule has 0 amide bonds. The average molecular weight is 347 g/mol. The minimum atomic E-state index is -1.48. The highest BCUT2D eigenvalue weighted by Gasteiger charge is 2.50. The Balaban J connectivity index is 2.17. The van der Waals surface area contributed by atoms with Crippen LogP contribution in [-0.2, 0) is 0 Å². The summed E-state index contributed by atoms with van der Waals surface area (Å²) in [6, 6.07) is 8.18. The van der Waals surface area contributed by atoms with Gasteiger partial charge in [-0.15, -0.1) is 0 Å². The molecule has 1 N–H and O–H groups in total.